The van der Waals surface area contributed by atoms with E-state index in [0.29, 0.717) is 5.56 Å². The summed E-state index contributed by atoms with van der Waals surface area (Å²) in [7, 11) is 0. The van der Waals surface area contributed by atoms with Crippen molar-refractivity contribution < 1.29 is 9.90 Å². The first kappa shape index (κ1) is 14.3. The van der Waals surface area contributed by atoms with E-state index in [2.05, 4.69) is 5.32 Å². The zero-order chi connectivity index (χ0) is 14.5. The summed E-state index contributed by atoms with van der Waals surface area (Å²) >= 11 is 0. The van der Waals surface area contributed by atoms with Crippen LogP contribution in [0, 0.1) is 5.92 Å². The van der Waals surface area contributed by atoms with Crippen LogP contribution in [-0.4, -0.2) is 28.2 Å². The molecule has 1 atom stereocenters. The zero-order valence-corrected chi connectivity index (χ0v) is 11.8. The van der Waals surface area contributed by atoms with Crippen LogP contribution in [0.5, 0.6) is 0 Å². The Hall–Kier alpha value is -2.07. The highest BCUT2D eigenvalue weighted by Gasteiger charge is 2.16. The Balaban J connectivity index is 2.17. The predicted octanol–water partition coefficient (Wildman–Crippen LogP) is 2.22. The number of carbonyl (C=O) groups is 1. The van der Waals surface area contributed by atoms with Crippen LogP contribution in [0.4, 0.5) is 0 Å². The van der Waals surface area contributed by atoms with E-state index in [-0.39, 0.29) is 24.5 Å². The standard InChI is InChI=1S/C16H20N2O2/c1-12(2)15(11-19)17-16(20)13-6-5-7-14(10-13)18-8-3-4-9-18/h3-10,12,15,19H,11H2,1-2H3,(H,17,20)/t15-/m1/s1. The highest BCUT2D eigenvalue weighted by Crippen LogP contribution is 2.12. The number of aliphatic hydroxyl groups is 1. The normalized spacial score (nSPS) is 12.4. The quantitative estimate of drug-likeness (QED) is 0.877. The molecule has 0 saturated heterocycles. The Kier molecular flexibility index (Phi) is 4.58. The number of nitrogens with one attached hydrogen (secondary N) is 1. The average Bonchev–Trinajstić information content (AvgIpc) is 2.98. The summed E-state index contributed by atoms with van der Waals surface area (Å²) in [5.41, 5.74) is 1.53. The van der Waals surface area contributed by atoms with Crippen molar-refractivity contribution in [1.29, 1.82) is 0 Å². The summed E-state index contributed by atoms with van der Waals surface area (Å²) in [5, 5.41) is 12.1. The fourth-order valence-corrected chi connectivity index (χ4v) is 1.99. The van der Waals surface area contributed by atoms with E-state index in [4.69, 9.17) is 0 Å². The van der Waals surface area contributed by atoms with Gasteiger partial charge in [-0.05, 0) is 36.2 Å². The molecule has 4 heteroatoms. The first-order chi connectivity index (χ1) is 9.61. The number of aliphatic hydroxyl groups excluding tert-OH is 1. The molecule has 1 aromatic carbocycles. The van der Waals surface area contributed by atoms with Crippen LogP contribution in [-0.2, 0) is 0 Å². The van der Waals surface area contributed by atoms with Gasteiger partial charge in [0, 0.05) is 23.6 Å². The molecule has 2 aromatic rings. The van der Waals surface area contributed by atoms with Crippen molar-refractivity contribution in [2.45, 2.75) is 19.9 Å². The predicted molar refractivity (Wildman–Crippen MR) is 78.9 cm³/mol. The first-order valence-corrected chi connectivity index (χ1v) is 6.77. The van der Waals surface area contributed by atoms with Gasteiger partial charge >= 0.3 is 0 Å². The molecule has 0 aliphatic carbocycles. The minimum absolute atomic E-state index is 0.0549. The molecule has 2 rings (SSSR count). The van der Waals surface area contributed by atoms with Gasteiger partial charge in [0.2, 0.25) is 0 Å². The van der Waals surface area contributed by atoms with E-state index in [1.807, 2.05) is 61.1 Å². The minimum atomic E-state index is -0.224. The third-order valence-electron chi connectivity index (χ3n) is 3.33. The fourth-order valence-electron chi connectivity index (χ4n) is 1.99. The molecule has 1 heterocycles. The first-order valence-electron chi connectivity index (χ1n) is 6.77. The van der Waals surface area contributed by atoms with Gasteiger partial charge in [0.05, 0.1) is 12.6 Å². The zero-order valence-electron chi connectivity index (χ0n) is 11.8. The lowest BCUT2D eigenvalue weighted by Crippen LogP contribution is -2.41. The molecule has 2 N–H and O–H groups in total. The molecule has 4 nitrogen and oxygen atoms in total. The number of carbonyl (C=O) groups excluding carboxylic acids is 1. The molecule has 0 radical (unpaired) electrons. The van der Waals surface area contributed by atoms with Crippen LogP contribution in [0.3, 0.4) is 0 Å². The van der Waals surface area contributed by atoms with E-state index in [1.54, 1.807) is 6.07 Å². The summed E-state index contributed by atoms with van der Waals surface area (Å²) in [6.45, 7) is 3.88. The molecule has 20 heavy (non-hydrogen) atoms. The maximum Gasteiger partial charge on any atom is 0.251 e. The molecule has 0 bridgehead atoms. The lowest BCUT2D eigenvalue weighted by molar-refractivity contribution is 0.0897. The summed E-state index contributed by atoms with van der Waals surface area (Å²) in [6, 6.07) is 11.1. The molecule has 1 aromatic heterocycles. The SMILES string of the molecule is CC(C)[C@@H](CO)NC(=O)c1cccc(-n2cccc2)c1. The molecule has 1 amide bonds. The third kappa shape index (κ3) is 3.27. The van der Waals surface area contributed by atoms with Crippen molar-refractivity contribution in [2.24, 2.45) is 5.92 Å². The maximum absolute atomic E-state index is 12.2. The largest absolute Gasteiger partial charge is 0.394 e. The highest BCUT2D eigenvalue weighted by molar-refractivity contribution is 5.94. The van der Waals surface area contributed by atoms with Crippen LogP contribution in [0.15, 0.2) is 48.8 Å². The highest BCUT2D eigenvalue weighted by atomic mass is 16.3. The van der Waals surface area contributed by atoms with E-state index >= 15 is 0 Å². The summed E-state index contributed by atoms with van der Waals surface area (Å²) in [4.78, 5) is 12.2. The lowest BCUT2D eigenvalue weighted by atomic mass is 10.0. The van der Waals surface area contributed by atoms with Crippen molar-refractivity contribution in [1.82, 2.24) is 9.88 Å². The molecule has 0 saturated carbocycles. The number of hydrogen-bond acceptors (Lipinski definition) is 2. The van der Waals surface area contributed by atoms with Gasteiger partial charge in [-0.15, -0.1) is 0 Å². The Morgan fingerprint density at radius 1 is 1.25 bits per heavy atom. The van der Waals surface area contributed by atoms with Crippen molar-refractivity contribution in [3.63, 3.8) is 0 Å². The second-order valence-electron chi connectivity index (χ2n) is 5.15. The maximum atomic E-state index is 12.2. The summed E-state index contributed by atoms with van der Waals surface area (Å²) < 4.78 is 1.95. The molecular formula is C16H20N2O2. The second-order valence-corrected chi connectivity index (χ2v) is 5.15. The van der Waals surface area contributed by atoms with Crippen molar-refractivity contribution in [3.8, 4) is 5.69 Å². The van der Waals surface area contributed by atoms with Gasteiger partial charge in [-0.25, -0.2) is 0 Å². The Labute approximate surface area is 119 Å². The van der Waals surface area contributed by atoms with Gasteiger partial charge in [0.15, 0.2) is 0 Å². The van der Waals surface area contributed by atoms with Crippen molar-refractivity contribution >= 4 is 5.91 Å². The van der Waals surface area contributed by atoms with Crippen LogP contribution >= 0.6 is 0 Å². The average molecular weight is 272 g/mol. The van der Waals surface area contributed by atoms with Crippen LogP contribution in [0.1, 0.15) is 24.2 Å². The molecule has 0 spiro atoms. The van der Waals surface area contributed by atoms with Gasteiger partial charge in [-0.2, -0.15) is 0 Å². The topological polar surface area (TPSA) is 54.3 Å². The smallest absolute Gasteiger partial charge is 0.251 e. The number of amides is 1. The minimum Gasteiger partial charge on any atom is -0.394 e. The Bertz CT molecular complexity index is 562. The fraction of sp³-hybridized carbons (Fsp3) is 0.312. The summed E-state index contributed by atoms with van der Waals surface area (Å²) in [5.74, 6) is 0.0309. The monoisotopic (exact) mass is 272 g/mol. The van der Waals surface area contributed by atoms with Gasteiger partial charge in [0.25, 0.3) is 5.91 Å². The molecule has 106 valence electrons. The van der Waals surface area contributed by atoms with Gasteiger partial charge in [-0.3, -0.25) is 4.79 Å². The van der Waals surface area contributed by atoms with E-state index in [1.165, 1.54) is 0 Å². The number of aromatic nitrogens is 1. The molecule has 0 unspecified atom stereocenters. The van der Waals surface area contributed by atoms with Gasteiger partial charge in [0.1, 0.15) is 0 Å². The molecular weight excluding hydrogens is 252 g/mol. The van der Waals surface area contributed by atoms with Crippen LogP contribution < -0.4 is 5.32 Å². The Morgan fingerprint density at radius 2 is 1.95 bits per heavy atom. The molecule has 0 aliphatic heterocycles. The van der Waals surface area contributed by atoms with Crippen molar-refractivity contribution in [2.75, 3.05) is 6.61 Å². The van der Waals surface area contributed by atoms with Gasteiger partial charge in [-0.1, -0.05) is 19.9 Å². The van der Waals surface area contributed by atoms with E-state index in [0.717, 1.165) is 5.69 Å². The molecule has 0 aliphatic rings. The Morgan fingerprint density at radius 3 is 2.55 bits per heavy atom. The third-order valence-corrected chi connectivity index (χ3v) is 3.33. The van der Waals surface area contributed by atoms with E-state index in [9.17, 15) is 9.90 Å². The molecule has 0 fully saturated rings. The van der Waals surface area contributed by atoms with Gasteiger partial charge < -0.3 is 15.0 Å². The number of nitrogens with zero attached hydrogens (tertiary/aromatic N) is 1. The number of hydrogen-bond donors (Lipinski definition) is 2. The van der Waals surface area contributed by atoms with Crippen molar-refractivity contribution in [3.05, 3.63) is 54.4 Å². The van der Waals surface area contributed by atoms with Crippen LogP contribution in [0.25, 0.3) is 5.69 Å². The van der Waals surface area contributed by atoms with Crippen LogP contribution in [0.2, 0.25) is 0 Å². The number of rotatable bonds is 5. The lowest BCUT2D eigenvalue weighted by Gasteiger charge is -2.20. The summed E-state index contributed by atoms with van der Waals surface area (Å²) in [6.07, 6.45) is 3.86. The number of benzene rings is 1. The van der Waals surface area contributed by atoms with E-state index < -0.39 is 0 Å². The second kappa shape index (κ2) is 6.39.